The fourth-order valence-electron chi connectivity index (χ4n) is 2.58. The number of para-hydroxylation sites is 1. The SMILES string of the molecule is CCc1ccc(CNN2CCc3ccccc32)cc1. The lowest BCUT2D eigenvalue weighted by atomic mass is 10.1. The zero-order valence-electron chi connectivity index (χ0n) is 11.4. The fraction of sp³-hybridized carbons (Fsp3) is 0.294. The summed E-state index contributed by atoms with van der Waals surface area (Å²) in [5.74, 6) is 0. The molecule has 1 aliphatic heterocycles. The van der Waals surface area contributed by atoms with Gasteiger partial charge in [0.05, 0.1) is 5.69 Å². The molecule has 0 aliphatic carbocycles. The van der Waals surface area contributed by atoms with Gasteiger partial charge in [-0.25, -0.2) is 5.43 Å². The lowest BCUT2D eigenvalue weighted by Gasteiger charge is -2.20. The third-order valence-corrected chi connectivity index (χ3v) is 3.79. The zero-order valence-corrected chi connectivity index (χ0v) is 11.4. The summed E-state index contributed by atoms with van der Waals surface area (Å²) in [6.07, 6.45) is 2.24. The van der Waals surface area contributed by atoms with Crippen molar-refractivity contribution in [2.24, 2.45) is 0 Å². The molecule has 2 aromatic rings. The number of hydrazine groups is 1. The Bertz CT molecular complexity index is 545. The van der Waals surface area contributed by atoms with E-state index in [1.165, 1.54) is 22.4 Å². The molecule has 98 valence electrons. The quantitative estimate of drug-likeness (QED) is 0.898. The Labute approximate surface area is 115 Å². The highest BCUT2D eigenvalue weighted by Crippen LogP contribution is 2.25. The van der Waals surface area contributed by atoms with Crippen molar-refractivity contribution in [2.45, 2.75) is 26.3 Å². The van der Waals surface area contributed by atoms with Crippen molar-refractivity contribution in [3.05, 3.63) is 65.2 Å². The van der Waals surface area contributed by atoms with Crippen molar-refractivity contribution in [2.75, 3.05) is 11.6 Å². The van der Waals surface area contributed by atoms with Gasteiger partial charge in [-0.15, -0.1) is 0 Å². The smallest absolute Gasteiger partial charge is 0.0552 e. The fourth-order valence-corrected chi connectivity index (χ4v) is 2.58. The van der Waals surface area contributed by atoms with Crippen molar-refractivity contribution < 1.29 is 0 Å². The minimum absolute atomic E-state index is 0.887. The number of nitrogens with one attached hydrogen (secondary N) is 1. The summed E-state index contributed by atoms with van der Waals surface area (Å²) in [5, 5.41) is 2.27. The lowest BCUT2D eigenvalue weighted by molar-refractivity contribution is 0.644. The van der Waals surface area contributed by atoms with Crippen LogP contribution in [0.2, 0.25) is 0 Å². The van der Waals surface area contributed by atoms with Crippen molar-refractivity contribution in [1.82, 2.24) is 5.43 Å². The van der Waals surface area contributed by atoms with Crippen LogP contribution in [0.4, 0.5) is 5.69 Å². The van der Waals surface area contributed by atoms with E-state index in [0.717, 1.165) is 25.9 Å². The van der Waals surface area contributed by atoms with Crippen LogP contribution in [0.5, 0.6) is 0 Å². The molecule has 0 aromatic heterocycles. The first-order valence-corrected chi connectivity index (χ1v) is 7.03. The summed E-state index contributed by atoms with van der Waals surface area (Å²) in [6, 6.07) is 17.5. The highest BCUT2D eigenvalue weighted by Gasteiger charge is 2.17. The highest BCUT2D eigenvalue weighted by molar-refractivity contribution is 5.56. The molecular weight excluding hydrogens is 232 g/mol. The standard InChI is InChI=1S/C17H20N2/c1-2-14-7-9-15(10-8-14)13-18-19-12-11-16-5-3-4-6-17(16)19/h3-10,18H,2,11-13H2,1H3. The number of anilines is 1. The van der Waals surface area contributed by atoms with E-state index in [0.29, 0.717) is 0 Å². The van der Waals surface area contributed by atoms with Crippen LogP contribution < -0.4 is 10.4 Å². The first-order valence-electron chi connectivity index (χ1n) is 7.03. The number of benzene rings is 2. The van der Waals surface area contributed by atoms with Gasteiger partial charge in [0.1, 0.15) is 0 Å². The molecule has 1 heterocycles. The normalized spacial score (nSPS) is 13.6. The summed E-state index contributed by atoms with van der Waals surface area (Å²) < 4.78 is 0. The maximum atomic E-state index is 3.52. The second-order valence-electron chi connectivity index (χ2n) is 5.04. The summed E-state index contributed by atoms with van der Waals surface area (Å²) in [7, 11) is 0. The molecule has 0 bridgehead atoms. The molecule has 1 N–H and O–H groups in total. The molecule has 3 rings (SSSR count). The van der Waals surface area contributed by atoms with E-state index in [-0.39, 0.29) is 0 Å². The van der Waals surface area contributed by atoms with Gasteiger partial charge in [-0.1, -0.05) is 49.4 Å². The maximum absolute atomic E-state index is 3.52. The van der Waals surface area contributed by atoms with Crippen LogP contribution in [0.3, 0.4) is 0 Å². The Morgan fingerprint density at radius 2 is 1.74 bits per heavy atom. The third-order valence-electron chi connectivity index (χ3n) is 3.79. The van der Waals surface area contributed by atoms with Crippen molar-refractivity contribution in [1.29, 1.82) is 0 Å². The van der Waals surface area contributed by atoms with E-state index in [2.05, 4.69) is 65.9 Å². The minimum Gasteiger partial charge on any atom is -0.308 e. The van der Waals surface area contributed by atoms with Crippen LogP contribution in [0.15, 0.2) is 48.5 Å². The minimum atomic E-state index is 0.887. The van der Waals surface area contributed by atoms with Gasteiger partial charge in [-0.05, 0) is 35.6 Å². The number of aryl methyl sites for hydroxylation is 1. The van der Waals surface area contributed by atoms with E-state index in [1.54, 1.807) is 0 Å². The van der Waals surface area contributed by atoms with Gasteiger partial charge in [-0.2, -0.15) is 0 Å². The summed E-state index contributed by atoms with van der Waals surface area (Å²) in [6.45, 7) is 4.14. The molecule has 0 radical (unpaired) electrons. The molecule has 0 fully saturated rings. The van der Waals surface area contributed by atoms with Crippen LogP contribution in [-0.4, -0.2) is 6.54 Å². The van der Waals surface area contributed by atoms with Gasteiger partial charge in [0.2, 0.25) is 0 Å². The Morgan fingerprint density at radius 3 is 2.53 bits per heavy atom. The van der Waals surface area contributed by atoms with Gasteiger partial charge in [0, 0.05) is 13.1 Å². The molecule has 0 saturated carbocycles. The van der Waals surface area contributed by atoms with E-state index in [1.807, 2.05) is 0 Å². The summed E-state index contributed by atoms with van der Waals surface area (Å²) in [5.41, 5.74) is 9.03. The van der Waals surface area contributed by atoms with Gasteiger partial charge >= 0.3 is 0 Å². The van der Waals surface area contributed by atoms with Crippen molar-refractivity contribution >= 4 is 5.69 Å². The second-order valence-corrected chi connectivity index (χ2v) is 5.04. The van der Waals surface area contributed by atoms with Crippen molar-refractivity contribution in [3.8, 4) is 0 Å². The van der Waals surface area contributed by atoms with E-state index in [4.69, 9.17) is 0 Å². The summed E-state index contributed by atoms with van der Waals surface area (Å²) in [4.78, 5) is 0. The van der Waals surface area contributed by atoms with E-state index >= 15 is 0 Å². The van der Waals surface area contributed by atoms with Gasteiger partial charge in [0.15, 0.2) is 0 Å². The second kappa shape index (κ2) is 5.45. The van der Waals surface area contributed by atoms with Gasteiger partial charge in [-0.3, -0.25) is 0 Å². The van der Waals surface area contributed by atoms with Crippen LogP contribution in [-0.2, 0) is 19.4 Å². The Morgan fingerprint density at radius 1 is 1.00 bits per heavy atom. The number of hydrogen-bond acceptors (Lipinski definition) is 2. The molecule has 2 aromatic carbocycles. The number of fused-ring (bicyclic) bond motifs is 1. The Kier molecular flexibility index (Phi) is 3.51. The molecule has 0 atom stereocenters. The molecule has 19 heavy (non-hydrogen) atoms. The first-order chi connectivity index (χ1) is 9.36. The molecule has 0 saturated heterocycles. The Balaban J connectivity index is 1.64. The number of rotatable bonds is 4. The molecule has 2 nitrogen and oxygen atoms in total. The lowest BCUT2D eigenvalue weighted by Crippen LogP contribution is -2.35. The topological polar surface area (TPSA) is 15.3 Å². The average molecular weight is 252 g/mol. The zero-order chi connectivity index (χ0) is 13.1. The molecule has 0 amide bonds. The predicted molar refractivity (Wildman–Crippen MR) is 80.2 cm³/mol. The summed E-state index contributed by atoms with van der Waals surface area (Å²) >= 11 is 0. The Hall–Kier alpha value is -1.80. The number of nitrogens with zero attached hydrogens (tertiary/aromatic N) is 1. The average Bonchev–Trinajstić information content (AvgIpc) is 2.89. The van der Waals surface area contributed by atoms with Crippen molar-refractivity contribution in [3.63, 3.8) is 0 Å². The first kappa shape index (κ1) is 12.2. The predicted octanol–water partition coefficient (Wildman–Crippen LogP) is 3.32. The molecule has 0 spiro atoms. The van der Waals surface area contributed by atoms with Gasteiger partial charge < -0.3 is 5.01 Å². The van der Waals surface area contributed by atoms with Gasteiger partial charge in [0.25, 0.3) is 0 Å². The maximum Gasteiger partial charge on any atom is 0.0552 e. The van der Waals surface area contributed by atoms with Crippen LogP contribution in [0.25, 0.3) is 0 Å². The van der Waals surface area contributed by atoms with Crippen LogP contribution in [0, 0.1) is 0 Å². The third kappa shape index (κ3) is 2.64. The largest absolute Gasteiger partial charge is 0.308 e. The molecule has 0 unspecified atom stereocenters. The monoisotopic (exact) mass is 252 g/mol. The highest BCUT2D eigenvalue weighted by atomic mass is 15.5. The van der Waals surface area contributed by atoms with E-state index < -0.39 is 0 Å². The van der Waals surface area contributed by atoms with Crippen LogP contribution in [0.1, 0.15) is 23.6 Å². The number of hydrogen-bond donors (Lipinski definition) is 1. The molecule has 1 aliphatic rings. The molecule has 2 heteroatoms. The van der Waals surface area contributed by atoms with E-state index in [9.17, 15) is 0 Å². The molecular formula is C17H20N2. The van der Waals surface area contributed by atoms with Crippen LogP contribution >= 0.6 is 0 Å².